The van der Waals surface area contributed by atoms with Crippen LogP contribution in [0.4, 0.5) is 9.18 Å². The first-order valence-electron chi connectivity index (χ1n) is 6.52. The molecule has 0 spiro atoms. The number of thioether (sulfide) groups is 1. The number of amides is 1. The van der Waals surface area contributed by atoms with Gasteiger partial charge in [0.25, 0.3) is 0 Å². The minimum Gasteiger partial charge on any atom is -0.465 e. The molecule has 5 atom stereocenters. The van der Waals surface area contributed by atoms with E-state index in [2.05, 4.69) is 4.99 Å². The maximum atomic E-state index is 12.8. The normalized spacial score (nSPS) is 36.1. The Morgan fingerprint density at radius 2 is 2.05 bits per heavy atom. The topological polar surface area (TPSA) is 103 Å². The molecule has 0 unspecified atom stereocenters. The number of fused-ring (bicyclic) bond motifs is 1. The summed E-state index contributed by atoms with van der Waals surface area (Å²) in [5.74, 6) is 0. The summed E-state index contributed by atoms with van der Waals surface area (Å²) in [6, 6.07) is -0.813. The van der Waals surface area contributed by atoms with Crippen LogP contribution in [0.25, 0.3) is 0 Å². The van der Waals surface area contributed by atoms with Crippen molar-refractivity contribution in [2.24, 2.45) is 4.99 Å². The molecule has 120 valence electrons. The van der Waals surface area contributed by atoms with Crippen LogP contribution < -0.4 is 0 Å². The number of aliphatic hydroxyl groups is 2. The number of aliphatic hydroxyl groups excluding tert-OH is 2. The van der Waals surface area contributed by atoms with E-state index in [4.69, 9.17) is 4.74 Å². The molecule has 1 saturated heterocycles. The number of alkyl halides is 1. The molecule has 2 aliphatic heterocycles. The van der Waals surface area contributed by atoms with E-state index in [9.17, 15) is 24.5 Å². The second-order valence-corrected chi connectivity index (χ2v) is 7.05. The number of carbonyl (C=O) groups is 1. The SMILES string of the molecule is CC(C)(C)N(C(=O)O)C1=N[C@@H]2[C@@H](O)[C@H](O)[C@@H](CF)O[C@@H]2S1. The molecule has 3 N–H and O–H groups in total. The Balaban J connectivity index is 2.25. The Morgan fingerprint density at radius 3 is 2.52 bits per heavy atom. The van der Waals surface area contributed by atoms with Crippen molar-refractivity contribution in [3.63, 3.8) is 0 Å². The molecule has 1 amide bonds. The van der Waals surface area contributed by atoms with Crippen LogP contribution in [0.3, 0.4) is 0 Å². The van der Waals surface area contributed by atoms with Crippen molar-refractivity contribution in [1.29, 1.82) is 0 Å². The van der Waals surface area contributed by atoms with Gasteiger partial charge in [-0.25, -0.2) is 9.18 Å². The first-order chi connectivity index (χ1) is 9.66. The summed E-state index contributed by atoms with van der Waals surface area (Å²) in [6.45, 7) is 4.20. The third kappa shape index (κ3) is 3.01. The lowest BCUT2D eigenvalue weighted by atomic mass is 9.99. The minimum absolute atomic E-state index is 0.177. The smallest absolute Gasteiger partial charge is 0.413 e. The summed E-state index contributed by atoms with van der Waals surface area (Å²) < 4.78 is 18.1. The molecular formula is C12H19FN2O5S. The summed E-state index contributed by atoms with van der Waals surface area (Å²) in [5, 5.41) is 29.3. The second kappa shape index (κ2) is 5.71. The third-order valence-corrected chi connectivity index (χ3v) is 4.48. The van der Waals surface area contributed by atoms with Gasteiger partial charge in [-0.3, -0.25) is 9.89 Å². The van der Waals surface area contributed by atoms with Gasteiger partial charge in [-0.1, -0.05) is 11.8 Å². The van der Waals surface area contributed by atoms with Crippen LogP contribution in [0.1, 0.15) is 20.8 Å². The molecule has 0 aromatic rings. The lowest BCUT2D eigenvalue weighted by molar-refractivity contribution is -0.157. The standard InChI is InChI=1S/C12H19FN2O5S/c1-12(2,3)15(11(18)19)10-14-6-8(17)7(16)5(4-13)20-9(6)21-10/h5-9,16-17H,4H2,1-3H3,(H,18,19)/t5-,6-,7-,8-,9-/m1/s1. The molecule has 0 saturated carbocycles. The highest BCUT2D eigenvalue weighted by Crippen LogP contribution is 2.39. The van der Waals surface area contributed by atoms with Crippen molar-refractivity contribution in [2.45, 2.75) is 56.1 Å². The summed E-state index contributed by atoms with van der Waals surface area (Å²) in [5.41, 5.74) is -1.43. The van der Waals surface area contributed by atoms with E-state index in [1.54, 1.807) is 20.8 Å². The van der Waals surface area contributed by atoms with E-state index in [0.29, 0.717) is 0 Å². The van der Waals surface area contributed by atoms with Crippen LogP contribution in [-0.2, 0) is 4.74 Å². The first-order valence-corrected chi connectivity index (χ1v) is 7.40. The van der Waals surface area contributed by atoms with Crippen molar-refractivity contribution in [3.05, 3.63) is 0 Å². The van der Waals surface area contributed by atoms with Crippen molar-refractivity contribution < 1.29 is 29.2 Å². The van der Waals surface area contributed by atoms with Gasteiger partial charge in [0.05, 0.1) is 0 Å². The Kier molecular flexibility index (Phi) is 4.48. The van der Waals surface area contributed by atoms with Crippen LogP contribution in [0, 0.1) is 0 Å². The van der Waals surface area contributed by atoms with E-state index >= 15 is 0 Å². The number of hydrogen-bond donors (Lipinski definition) is 3. The van der Waals surface area contributed by atoms with E-state index in [0.717, 1.165) is 16.7 Å². The lowest BCUT2D eigenvalue weighted by Gasteiger charge is -2.37. The average molecular weight is 322 g/mol. The van der Waals surface area contributed by atoms with Crippen molar-refractivity contribution >= 4 is 23.0 Å². The molecule has 2 aliphatic rings. The van der Waals surface area contributed by atoms with Gasteiger partial charge in [0.15, 0.2) is 5.17 Å². The Labute approximate surface area is 125 Å². The summed E-state index contributed by atoms with van der Waals surface area (Å²) in [7, 11) is 0. The van der Waals surface area contributed by atoms with Crippen LogP contribution in [0.5, 0.6) is 0 Å². The fourth-order valence-corrected chi connectivity index (χ4v) is 3.71. The molecule has 0 aromatic carbocycles. The molecule has 0 aliphatic carbocycles. The monoisotopic (exact) mass is 322 g/mol. The van der Waals surface area contributed by atoms with E-state index in [1.165, 1.54) is 0 Å². The molecule has 21 heavy (non-hydrogen) atoms. The maximum Gasteiger partial charge on any atom is 0.413 e. The van der Waals surface area contributed by atoms with E-state index in [-0.39, 0.29) is 5.17 Å². The molecule has 1 fully saturated rings. The highest BCUT2D eigenvalue weighted by molar-refractivity contribution is 8.14. The number of hydrogen-bond acceptors (Lipinski definition) is 6. The van der Waals surface area contributed by atoms with Gasteiger partial charge in [-0.2, -0.15) is 0 Å². The molecule has 7 nitrogen and oxygen atoms in total. The van der Waals surface area contributed by atoms with Crippen LogP contribution >= 0.6 is 11.8 Å². The number of ether oxygens (including phenoxy) is 1. The fraction of sp³-hybridized carbons (Fsp3) is 0.833. The van der Waals surface area contributed by atoms with Gasteiger partial charge in [0, 0.05) is 5.54 Å². The quantitative estimate of drug-likeness (QED) is 0.655. The highest BCUT2D eigenvalue weighted by Gasteiger charge is 2.50. The number of amidine groups is 1. The van der Waals surface area contributed by atoms with Crippen LogP contribution in [-0.4, -0.2) is 73.5 Å². The van der Waals surface area contributed by atoms with Crippen LogP contribution in [0.15, 0.2) is 4.99 Å². The number of aliphatic imine (C=N–C) groups is 1. The predicted molar refractivity (Wildman–Crippen MR) is 75.1 cm³/mol. The Bertz CT molecular complexity index is 455. The van der Waals surface area contributed by atoms with Crippen molar-refractivity contribution in [3.8, 4) is 0 Å². The summed E-state index contributed by atoms with van der Waals surface area (Å²) in [6.07, 6.45) is -4.97. The zero-order valence-corrected chi connectivity index (χ0v) is 12.7. The highest BCUT2D eigenvalue weighted by atomic mass is 32.2. The van der Waals surface area contributed by atoms with Gasteiger partial charge >= 0.3 is 6.09 Å². The van der Waals surface area contributed by atoms with Gasteiger partial charge in [-0.15, -0.1) is 0 Å². The van der Waals surface area contributed by atoms with Gasteiger partial charge in [0.1, 0.15) is 36.5 Å². The molecule has 2 heterocycles. The molecule has 0 bridgehead atoms. The zero-order chi connectivity index (χ0) is 15.9. The molecule has 0 radical (unpaired) electrons. The molecular weight excluding hydrogens is 303 g/mol. The predicted octanol–water partition coefficient (Wildman–Crippen LogP) is 0.652. The van der Waals surface area contributed by atoms with E-state index < -0.39 is 48.1 Å². The average Bonchev–Trinajstić information content (AvgIpc) is 2.74. The maximum absolute atomic E-state index is 12.8. The Morgan fingerprint density at radius 1 is 1.43 bits per heavy atom. The number of rotatable bonds is 1. The molecule has 0 aromatic heterocycles. The number of nitrogens with zero attached hydrogens (tertiary/aromatic N) is 2. The molecule has 2 rings (SSSR count). The van der Waals surface area contributed by atoms with Gasteiger partial charge in [-0.05, 0) is 20.8 Å². The number of halogens is 1. The third-order valence-electron chi connectivity index (χ3n) is 3.36. The van der Waals surface area contributed by atoms with Crippen molar-refractivity contribution in [2.75, 3.05) is 6.67 Å². The first kappa shape index (κ1) is 16.5. The second-order valence-electron chi connectivity index (χ2n) is 5.99. The number of carboxylic acid groups (broad SMARTS) is 1. The molecule has 9 heteroatoms. The largest absolute Gasteiger partial charge is 0.465 e. The van der Waals surface area contributed by atoms with E-state index in [1.807, 2.05) is 0 Å². The summed E-state index contributed by atoms with van der Waals surface area (Å²) in [4.78, 5) is 16.7. The minimum atomic E-state index is -1.38. The Hall–Kier alpha value is -0.900. The van der Waals surface area contributed by atoms with Crippen LogP contribution in [0.2, 0.25) is 0 Å². The van der Waals surface area contributed by atoms with Gasteiger partial charge in [0.2, 0.25) is 0 Å². The summed E-state index contributed by atoms with van der Waals surface area (Å²) >= 11 is 1.02. The van der Waals surface area contributed by atoms with Crippen molar-refractivity contribution in [1.82, 2.24) is 4.90 Å². The lowest BCUT2D eigenvalue weighted by Crippen LogP contribution is -2.55. The fourth-order valence-electron chi connectivity index (χ4n) is 2.31. The van der Waals surface area contributed by atoms with Gasteiger partial charge < -0.3 is 20.1 Å². The zero-order valence-electron chi connectivity index (χ0n) is 11.9.